The summed E-state index contributed by atoms with van der Waals surface area (Å²) in [6.07, 6.45) is 1.77. The van der Waals surface area contributed by atoms with Crippen LogP contribution in [0.1, 0.15) is 16.7 Å². The number of pyridine rings is 1. The van der Waals surface area contributed by atoms with Gasteiger partial charge >= 0.3 is 0 Å². The lowest BCUT2D eigenvalue weighted by atomic mass is 10.1. The van der Waals surface area contributed by atoms with Crippen molar-refractivity contribution in [2.45, 2.75) is 20.1 Å². The third kappa shape index (κ3) is 3.04. The van der Waals surface area contributed by atoms with E-state index in [1.807, 2.05) is 43.3 Å². The molecule has 3 heteroatoms. The first-order valence-electron chi connectivity index (χ1n) is 5.62. The van der Waals surface area contributed by atoms with E-state index < -0.39 is 0 Å². The molecule has 88 valence electrons. The molecule has 0 spiro atoms. The number of benzene rings is 1. The summed E-state index contributed by atoms with van der Waals surface area (Å²) in [6, 6.07) is 12.0. The van der Waals surface area contributed by atoms with E-state index in [-0.39, 0.29) is 0 Å². The number of aryl methyl sites for hydroxylation is 1. The second kappa shape index (κ2) is 5.46. The minimum atomic E-state index is 0.512. The summed E-state index contributed by atoms with van der Waals surface area (Å²) in [6.45, 7) is 3.06. The normalized spacial score (nSPS) is 10.2. The Hall–Kier alpha value is -1.87. The Labute approximate surface area is 101 Å². The van der Waals surface area contributed by atoms with E-state index in [2.05, 4.69) is 4.98 Å². The second-order valence-electron chi connectivity index (χ2n) is 3.93. The maximum absolute atomic E-state index is 5.62. The van der Waals surface area contributed by atoms with Gasteiger partial charge in [0.15, 0.2) is 0 Å². The fraction of sp³-hybridized carbons (Fsp3) is 0.214. The molecule has 0 atom stereocenters. The van der Waals surface area contributed by atoms with Crippen LogP contribution in [0.2, 0.25) is 0 Å². The van der Waals surface area contributed by atoms with Gasteiger partial charge in [-0.2, -0.15) is 0 Å². The Bertz CT molecular complexity index is 483. The standard InChI is InChI=1S/C14H16N2O/c1-11-7-14(16-9-13(11)8-15)17-10-12-5-3-2-4-6-12/h2-7,9H,8,10,15H2,1H3. The second-order valence-corrected chi connectivity index (χ2v) is 3.93. The summed E-state index contributed by atoms with van der Waals surface area (Å²) in [5.41, 5.74) is 8.89. The third-order valence-electron chi connectivity index (χ3n) is 2.64. The first kappa shape index (κ1) is 11.6. The van der Waals surface area contributed by atoms with Gasteiger partial charge in [0.05, 0.1) is 0 Å². The largest absolute Gasteiger partial charge is 0.473 e. The van der Waals surface area contributed by atoms with E-state index in [9.17, 15) is 0 Å². The van der Waals surface area contributed by atoms with E-state index >= 15 is 0 Å². The van der Waals surface area contributed by atoms with Crippen molar-refractivity contribution >= 4 is 0 Å². The molecule has 0 bridgehead atoms. The topological polar surface area (TPSA) is 48.1 Å². The summed E-state index contributed by atoms with van der Waals surface area (Å²) in [5.74, 6) is 0.642. The van der Waals surface area contributed by atoms with Crippen molar-refractivity contribution in [2.75, 3.05) is 0 Å². The zero-order valence-electron chi connectivity index (χ0n) is 9.89. The van der Waals surface area contributed by atoms with Crippen molar-refractivity contribution in [3.63, 3.8) is 0 Å². The fourth-order valence-electron chi connectivity index (χ4n) is 1.58. The monoisotopic (exact) mass is 228 g/mol. The van der Waals surface area contributed by atoms with Crippen LogP contribution in [0.15, 0.2) is 42.6 Å². The van der Waals surface area contributed by atoms with E-state index in [0.29, 0.717) is 19.0 Å². The van der Waals surface area contributed by atoms with E-state index in [1.54, 1.807) is 6.20 Å². The number of rotatable bonds is 4. The highest BCUT2D eigenvalue weighted by Gasteiger charge is 2.01. The van der Waals surface area contributed by atoms with Crippen molar-refractivity contribution in [3.8, 4) is 5.88 Å². The van der Waals surface area contributed by atoms with Gasteiger partial charge in [-0.25, -0.2) is 4.98 Å². The fourth-order valence-corrected chi connectivity index (χ4v) is 1.58. The molecule has 2 aromatic rings. The maximum Gasteiger partial charge on any atom is 0.213 e. The van der Waals surface area contributed by atoms with Gasteiger partial charge in [0.25, 0.3) is 0 Å². The Kier molecular flexibility index (Phi) is 3.73. The average molecular weight is 228 g/mol. The van der Waals surface area contributed by atoms with Gasteiger partial charge in [-0.05, 0) is 23.6 Å². The highest BCUT2D eigenvalue weighted by Crippen LogP contribution is 2.14. The first-order chi connectivity index (χ1) is 8.29. The molecule has 0 saturated carbocycles. The SMILES string of the molecule is Cc1cc(OCc2ccccc2)ncc1CN. The van der Waals surface area contributed by atoms with Crippen LogP contribution in [-0.2, 0) is 13.2 Å². The molecule has 1 aromatic carbocycles. The molecule has 0 amide bonds. The van der Waals surface area contributed by atoms with Gasteiger partial charge < -0.3 is 10.5 Å². The molecule has 0 fully saturated rings. The summed E-state index contributed by atoms with van der Waals surface area (Å²) in [4.78, 5) is 4.22. The molecule has 3 nitrogen and oxygen atoms in total. The van der Waals surface area contributed by atoms with E-state index in [4.69, 9.17) is 10.5 Å². The number of aromatic nitrogens is 1. The lowest BCUT2D eigenvalue weighted by Gasteiger charge is -2.08. The molecule has 0 saturated heterocycles. The smallest absolute Gasteiger partial charge is 0.213 e. The van der Waals surface area contributed by atoms with Crippen LogP contribution in [0, 0.1) is 6.92 Å². The zero-order valence-corrected chi connectivity index (χ0v) is 9.89. The van der Waals surface area contributed by atoms with Crippen LogP contribution in [-0.4, -0.2) is 4.98 Å². The summed E-state index contributed by atoms with van der Waals surface area (Å²) in [7, 11) is 0. The van der Waals surface area contributed by atoms with Crippen molar-refractivity contribution < 1.29 is 4.74 Å². The predicted octanol–water partition coefficient (Wildman–Crippen LogP) is 2.43. The maximum atomic E-state index is 5.62. The Balaban J connectivity index is 2.02. The summed E-state index contributed by atoms with van der Waals surface area (Å²) in [5, 5.41) is 0. The van der Waals surface area contributed by atoms with Gasteiger partial charge in [0.1, 0.15) is 6.61 Å². The molecule has 0 radical (unpaired) electrons. The number of nitrogens with zero attached hydrogens (tertiary/aromatic N) is 1. The molecular formula is C14H16N2O. The molecule has 1 heterocycles. The van der Waals surface area contributed by atoms with E-state index in [1.165, 1.54) is 0 Å². The average Bonchev–Trinajstić information content (AvgIpc) is 2.38. The first-order valence-corrected chi connectivity index (χ1v) is 5.62. The molecular weight excluding hydrogens is 212 g/mol. The van der Waals surface area contributed by atoms with Crippen LogP contribution in [0.5, 0.6) is 5.88 Å². The summed E-state index contributed by atoms with van der Waals surface area (Å²) >= 11 is 0. The molecule has 0 unspecified atom stereocenters. The minimum Gasteiger partial charge on any atom is -0.473 e. The van der Waals surface area contributed by atoms with Gasteiger partial charge in [0, 0.05) is 18.8 Å². The number of ether oxygens (including phenoxy) is 1. The van der Waals surface area contributed by atoms with Crippen LogP contribution >= 0.6 is 0 Å². The van der Waals surface area contributed by atoms with Crippen molar-refractivity contribution in [1.82, 2.24) is 4.98 Å². The molecule has 17 heavy (non-hydrogen) atoms. The predicted molar refractivity (Wildman–Crippen MR) is 67.6 cm³/mol. The Morgan fingerprint density at radius 1 is 1.24 bits per heavy atom. The summed E-state index contributed by atoms with van der Waals surface area (Å²) < 4.78 is 5.62. The molecule has 0 aliphatic rings. The van der Waals surface area contributed by atoms with Crippen molar-refractivity contribution in [2.24, 2.45) is 5.73 Å². The lowest BCUT2D eigenvalue weighted by Crippen LogP contribution is -2.02. The van der Waals surface area contributed by atoms with Crippen LogP contribution in [0.25, 0.3) is 0 Å². The third-order valence-corrected chi connectivity index (χ3v) is 2.64. The number of nitrogens with two attached hydrogens (primary N) is 1. The van der Waals surface area contributed by atoms with Crippen LogP contribution in [0.4, 0.5) is 0 Å². The number of hydrogen-bond acceptors (Lipinski definition) is 3. The Morgan fingerprint density at radius 3 is 2.65 bits per heavy atom. The van der Waals surface area contributed by atoms with Crippen LogP contribution in [0.3, 0.4) is 0 Å². The van der Waals surface area contributed by atoms with Gasteiger partial charge in [-0.1, -0.05) is 30.3 Å². The van der Waals surface area contributed by atoms with Crippen molar-refractivity contribution in [3.05, 3.63) is 59.3 Å². The van der Waals surface area contributed by atoms with E-state index in [0.717, 1.165) is 16.7 Å². The highest BCUT2D eigenvalue weighted by atomic mass is 16.5. The van der Waals surface area contributed by atoms with Crippen LogP contribution < -0.4 is 10.5 Å². The minimum absolute atomic E-state index is 0.512. The molecule has 1 aromatic heterocycles. The van der Waals surface area contributed by atoms with Crippen molar-refractivity contribution in [1.29, 1.82) is 0 Å². The molecule has 2 rings (SSSR count). The highest BCUT2D eigenvalue weighted by molar-refractivity contribution is 5.28. The molecule has 0 aliphatic carbocycles. The Morgan fingerprint density at radius 2 is 2.00 bits per heavy atom. The van der Waals surface area contributed by atoms with Gasteiger partial charge in [0.2, 0.25) is 5.88 Å². The quantitative estimate of drug-likeness (QED) is 0.874. The number of hydrogen-bond donors (Lipinski definition) is 1. The van der Waals surface area contributed by atoms with Gasteiger partial charge in [-0.15, -0.1) is 0 Å². The molecule has 2 N–H and O–H groups in total. The molecule has 0 aliphatic heterocycles. The lowest BCUT2D eigenvalue weighted by molar-refractivity contribution is 0.293. The zero-order chi connectivity index (χ0) is 12.1. The van der Waals surface area contributed by atoms with Gasteiger partial charge in [-0.3, -0.25) is 0 Å².